The van der Waals surface area contributed by atoms with Crippen LogP contribution >= 0.6 is 0 Å². The molecule has 1 amide bonds. The lowest BCUT2D eigenvalue weighted by Gasteiger charge is -2.23. The number of carboxylic acids is 1. The van der Waals surface area contributed by atoms with Crippen LogP contribution in [0.25, 0.3) is 0 Å². The third-order valence-corrected chi connectivity index (χ3v) is 5.68. The number of halogens is 3. The van der Waals surface area contributed by atoms with Gasteiger partial charge in [-0.2, -0.15) is 0 Å². The number of carboxylic acid groups (broad SMARTS) is 1. The summed E-state index contributed by atoms with van der Waals surface area (Å²) >= 11 is 0. The quantitative estimate of drug-likeness (QED) is 0.224. The number of para-hydroxylation sites is 2. The first-order valence-corrected chi connectivity index (χ1v) is 13.0. The highest BCUT2D eigenvalue weighted by molar-refractivity contribution is 5.73. The molecular formula is C28H36F3NO7. The van der Waals surface area contributed by atoms with Gasteiger partial charge in [-0.15, -0.1) is 13.2 Å². The van der Waals surface area contributed by atoms with Gasteiger partial charge in [0.1, 0.15) is 12.4 Å². The van der Waals surface area contributed by atoms with Crippen molar-refractivity contribution in [2.75, 3.05) is 26.3 Å². The second-order valence-corrected chi connectivity index (χ2v) is 8.74. The Morgan fingerprint density at radius 2 is 1.59 bits per heavy atom. The zero-order valence-corrected chi connectivity index (χ0v) is 22.2. The zero-order valence-electron chi connectivity index (χ0n) is 22.2. The van der Waals surface area contributed by atoms with Crippen LogP contribution in [0.1, 0.15) is 51.5 Å². The number of unbranched alkanes of at least 4 members (excludes halogenated alkanes) is 4. The van der Waals surface area contributed by atoms with Crippen molar-refractivity contribution in [3.63, 3.8) is 0 Å². The minimum absolute atomic E-state index is 0.112. The maximum Gasteiger partial charge on any atom is 0.573 e. The minimum atomic E-state index is -4.93. The van der Waals surface area contributed by atoms with Crippen LogP contribution in [-0.4, -0.2) is 60.8 Å². The summed E-state index contributed by atoms with van der Waals surface area (Å²) in [6.45, 7) is 4.71. The number of carbonyl (C=O) groups is 2. The van der Waals surface area contributed by atoms with Crippen LogP contribution in [-0.2, 0) is 16.0 Å². The summed E-state index contributed by atoms with van der Waals surface area (Å²) in [6, 6.07) is 12.0. The van der Waals surface area contributed by atoms with Crippen LogP contribution in [0, 0.1) is 0 Å². The predicted molar refractivity (Wildman–Crippen MR) is 138 cm³/mol. The summed E-state index contributed by atoms with van der Waals surface area (Å²) in [4.78, 5) is 25.6. The predicted octanol–water partition coefficient (Wildman–Crippen LogP) is 6.47. The molecule has 0 aliphatic rings. The average molecular weight is 556 g/mol. The molecule has 8 nitrogen and oxygen atoms in total. The molecular weight excluding hydrogens is 519 g/mol. The van der Waals surface area contributed by atoms with Crippen LogP contribution in [0.3, 0.4) is 0 Å². The molecule has 2 aromatic rings. The molecule has 0 aliphatic heterocycles. The third kappa shape index (κ3) is 12.3. The van der Waals surface area contributed by atoms with E-state index in [-0.39, 0.29) is 31.9 Å². The molecule has 0 spiro atoms. The van der Waals surface area contributed by atoms with Gasteiger partial charge in [-0.3, -0.25) is 0 Å². The number of ether oxygens (including phenoxy) is 4. The highest BCUT2D eigenvalue weighted by Gasteiger charge is 2.33. The summed E-state index contributed by atoms with van der Waals surface area (Å²) < 4.78 is 58.5. The molecule has 0 saturated heterocycles. The van der Waals surface area contributed by atoms with Gasteiger partial charge in [0.15, 0.2) is 17.6 Å². The van der Waals surface area contributed by atoms with E-state index in [0.29, 0.717) is 18.7 Å². The Morgan fingerprint density at radius 1 is 0.923 bits per heavy atom. The molecule has 0 saturated carbocycles. The Kier molecular flexibility index (Phi) is 13.4. The molecule has 0 heterocycles. The summed E-state index contributed by atoms with van der Waals surface area (Å²) in [5, 5.41) is 9.25. The maximum atomic E-state index is 12.9. The molecule has 1 N–H and O–H groups in total. The molecule has 216 valence electrons. The number of rotatable bonds is 17. The number of aliphatic carboxylic acids is 1. The van der Waals surface area contributed by atoms with Crippen LogP contribution in [0.2, 0.25) is 0 Å². The van der Waals surface area contributed by atoms with Crippen LogP contribution < -0.4 is 14.2 Å². The van der Waals surface area contributed by atoms with Gasteiger partial charge in [0.05, 0.1) is 6.54 Å². The Balaban J connectivity index is 1.99. The lowest BCUT2D eigenvalue weighted by Crippen LogP contribution is -2.37. The lowest BCUT2D eigenvalue weighted by molar-refractivity contribution is -0.275. The molecule has 1 unspecified atom stereocenters. The zero-order chi connectivity index (χ0) is 28.7. The first kappa shape index (κ1) is 31.7. The van der Waals surface area contributed by atoms with E-state index in [1.807, 2.05) is 0 Å². The molecule has 0 radical (unpaired) electrons. The second-order valence-electron chi connectivity index (χ2n) is 8.74. The van der Waals surface area contributed by atoms with E-state index in [0.717, 1.165) is 37.3 Å². The van der Waals surface area contributed by atoms with E-state index in [2.05, 4.69) is 11.7 Å². The van der Waals surface area contributed by atoms with Gasteiger partial charge in [-0.05, 0) is 43.2 Å². The van der Waals surface area contributed by atoms with Crippen molar-refractivity contribution in [1.29, 1.82) is 0 Å². The topological polar surface area (TPSA) is 94.5 Å². The molecule has 39 heavy (non-hydrogen) atoms. The fourth-order valence-electron chi connectivity index (χ4n) is 3.73. The van der Waals surface area contributed by atoms with Crippen molar-refractivity contribution in [2.24, 2.45) is 0 Å². The molecule has 0 aromatic heterocycles. The van der Waals surface area contributed by atoms with E-state index in [1.54, 1.807) is 31.2 Å². The number of amides is 1. The lowest BCUT2D eigenvalue weighted by atomic mass is 10.1. The molecule has 0 bridgehead atoms. The van der Waals surface area contributed by atoms with Gasteiger partial charge >= 0.3 is 18.4 Å². The van der Waals surface area contributed by atoms with E-state index in [1.165, 1.54) is 23.1 Å². The van der Waals surface area contributed by atoms with E-state index < -0.39 is 30.3 Å². The van der Waals surface area contributed by atoms with Crippen molar-refractivity contribution >= 4 is 12.1 Å². The van der Waals surface area contributed by atoms with Crippen LogP contribution in [0.15, 0.2) is 48.5 Å². The molecule has 2 aromatic carbocycles. The summed E-state index contributed by atoms with van der Waals surface area (Å²) in [5.74, 6) is -1.46. The molecule has 1 atom stereocenters. The number of alkyl halides is 3. The number of hydrogen-bond donors (Lipinski definition) is 1. The Morgan fingerprint density at radius 3 is 2.21 bits per heavy atom. The first-order valence-electron chi connectivity index (χ1n) is 13.0. The molecule has 0 aliphatic carbocycles. The Bertz CT molecular complexity index is 1010. The number of benzene rings is 2. The van der Waals surface area contributed by atoms with Crippen LogP contribution in [0.4, 0.5) is 18.0 Å². The van der Waals surface area contributed by atoms with Crippen molar-refractivity contribution in [2.45, 2.75) is 64.8 Å². The SMILES string of the molecule is CCCCCCCN(CCOc1ccc(CC(OCC)C(=O)O)cc1)C(=O)Oc1ccccc1OC(F)(F)F. The highest BCUT2D eigenvalue weighted by atomic mass is 19.4. The van der Waals surface area contributed by atoms with Gasteiger partial charge in [0.2, 0.25) is 0 Å². The van der Waals surface area contributed by atoms with Crippen molar-refractivity contribution in [1.82, 2.24) is 4.90 Å². The fraction of sp³-hybridized carbons (Fsp3) is 0.500. The average Bonchev–Trinajstić information content (AvgIpc) is 2.88. The molecule has 2 rings (SSSR count). The van der Waals surface area contributed by atoms with Crippen molar-refractivity contribution in [3.8, 4) is 17.2 Å². The molecule has 0 fully saturated rings. The van der Waals surface area contributed by atoms with Gasteiger partial charge in [-0.1, -0.05) is 56.9 Å². The van der Waals surface area contributed by atoms with Gasteiger partial charge < -0.3 is 29.0 Å². The normalized spacial score (nSPS) is 12.0. The van der Waals surface area contributed by atoms with E-state index >= 15 is 0 Å². The van der Waals surface area contributed by atoms with Crippen molar-refractivity contribution in [3.05, 3.63) is 54.1 Å². The largest absolute Gasteiger partial charge is 0.573 e. The van der Waals surface area contributed by atoms with Gasteiger partial charge in [0.25, 0.3) is 0 Å². The minimum Gasteiger partial charge on any atom is -0.492 e. The summed E-state index contributed by atoms with van der Waals surface area (Å²) in [7, 11) is 0. The van der Waals surface area contributed by atoms with E-state index in [9.17, 15) is 27.9 Å². The Labute approximate surface area is 226 Å². The van der Waals surface area contributed by atoms with Gasteiger partial charge in [0, 0.05) is 19.6 Å². The highest BCUT2D eigenvalue weighted by Crippen LogP contribution is 2.32. The smallest absolute Gasteiger partial charge is 0.492 e. The molecule has 11 heteroatoms. The number of carbonyl (C=O) groups excluding carboxylic acids is 1. The summed E-state index contributed by atoms with van der Waals surface area (Å²) in [5.41, 5.74) is 0.764. The standard InChI is InChI=1S/C28H36F3NO7/c1-3-5-6-7-10-17-32(27(35)38-23-11-8-9-12-24(23)39-28(29,30)31)18-19-37-22-15-13-21(14-16-22)20-25(26(33)34)36-4-2/h8-9,11-16,25H,3-7,10,17-20H2,1-2H3,(H,33,34). The van der Waals surface area contributed by atoms with Crippen LogP contribution in [0.5, 0.6) is 17.2 Å². The van der Waals surface area contributed by atoms with Gasteiger partial charge in [-0.25, -0.2) is 9.59 Å². The van der Waals surface area contributed by atoms with E-state index in [4.69, 9.17) is 14.2 Å². The third-order valence-electron chi connectivity index (χ3n) is 5.68. The monoisotopic (exact) mass is 555 g/mol. The Hall–Kier alpha value is -3.47. The number of nitrogens with zero attached hydrogens (tertiary/aromatic N) is 1. The first-order chi connectivity index (χ1) is 18.6. The fourth-order valence-corrected chi connectivity index (χ4v) is 3.73. The summed E-state index contributed by atoms with van der Waals surface area (Å²) in [6.07, 6.45) is -1.72. The maximum absolute atomic E-state index is 12.9. The number of hydrogen-bond acceptors (Lipinski definition) is 6. The second kappa shape index (κ2) is 16.5. The van der Waals surface area contributed by atoms with Crippen molar-refractivity contribution < 1.29 is 46.8 Å².